The van der Waals surface area contributed by atoms with Crippen LogP contribution in [0.2, 0.25) is 0 Å². The highest BCUT2D eigenvalue weighted by atomic mass is 32.2. The number of rotatable bonds is 5. The molecule has 1 saturated heterocycles. The second-order valence-corrected chi connectivity index (χ2v) is 9.83. The van der Waals surface area contributed by atoms with Crippen molar-refractivity contribution in [3.05, 3.63) is 74.7 Å². The Balaban J connectivity index is 1.49. The van der Waals surface area contributed by atoms with Gasteiger partial charge in [0.25, 0.3) is 0 Å². The number of thioether (sulfide) groups is 1. The van der Waals surface area contributed by atoms with Crippen LogP contribution in [0, 0.1) is 5.92 Å². The zero-order chi connectivity index (χ0) is 23.1. The third-order valence-corrected chi connectivity index (χ3v) is 8.34. The maximum atomic E-state index is 12.9. The maximum Gasteiger partial charge on any atom is 0.308 e. The number of thiazole rings is 1. The van der Waals surface area contributed by atoms with E-state index in [2.05, 4.69) is 10.6 Å². The topological polar surface area (TPSA) is 106 Å². The molecule has 0 aliphatic carbocycles. The Hall–Kier alpha value is -3.37. The molecule has 2 aromatic carbocycles. The number of carbonyl (C=O) groups is 3. The van der Waals surface area contributed by atoms with Crippen LogP contribution < -0.4 is 20.2 Å². The lowest BCUT2D eigenvalue weighted by Gasteiger charge is -2.30. The summed E-state index contributed by atoms with van der Waals surface area (Å²) in [7, 11) is 1.56. The van der Waals surface area contributed by atoms with Crippen molar-refractivity contribution in [3.8, 4) is 5.75 Å². The molecule has 0 saturated carbocycles. The van der Waals surface area contributed by atoms with Crippen LogP contribution in [0.4, 0.5) is 5.69 Å². The largest absolute Gasteiger partial charge is 0.497 e. The van der Waals surface area contributed by atoms with Crippen molar-refractivity contribution < 1.29 is 19.1 Å². The summed E-state index contributed by atoms with van der Waals surface area (Å²) in [6.07, 6.45) is 0. The molecule has 0 spiro atoms. The number of imide groups is 1. The van der Waals surface area contributed by atoms with E-state index in [0.717, 1.165) is 16.9 Å². The molecule has 33 heavy (non-hydrogen) atoms. The highest BCUT2D eigenvalue weighted by molar-refractivity contribution is 8.00. The number of ether oxygens (including phenoxy) is 1. The number of amides is 3. The lowest BCUT2D eigenvalue weighted by molar-refractivity contribution is -0.126. The summed E-state index contributed by atoms with van der Waals surface area (Å²) in [5.41, 5.74) is 1.43. The lowest BCUT2D eigenvalue weighted by Crippen LogP contribution is -2.32. The lowest BCUT2D eigenvalue weighted by atomic mass is 9.83. The minimum Gasteiger partial charge on any atom is -0.497 e. The van der Waals surface area contributed by atoms with E-state index in [1.54, 1.807) is 31.4 Å². The van der Waals surface area contributed by atoms with Crippen LogP contribution in [-0.4, -0.2) is 34.6 Å². The van der Waals surface area contributed by atoms with E-state index in [4.69, 9.17) is 4.74 Å². The SMILES string of the molecule is COc1ccc(NC(=O)Cn2c3c(sc2=O)C(c2ccccc2)C2C(=O)NC(=O)C2S3)cc1. The van der Waals surface area contributed by atoms with Crippen molar-refractivity contribution in [3.63, 3.8) is 0 Å². The highest BCUT2D eigenvalue weighted by Gasteiger charge is 2.52. The first-order valence-electron chi connectivity index (χ1n) is 10.2. The molecule has 3 heterocycles. The number of nitrogens with zero attached hydrogens (tertiary/aromatic N) is 1. The average Bonchev–Trinajstić information content (AvgIpc) is 3.28. The first kappa shape index (κ1) is 21.5. The van der Waals surface area contributed by atoms with Gasteiger partial charge in [-0.2, -0.15) is 0 Å². The second kappa shape index (κ2) is 8.53. The third kappa shape index (κ3) is 3.85. The number of hydrogen-bond donors (Lipinski definition) is 2. The molecule has 3 amide bonds. The zero-order valence-corrected chi connectivity index (χ0v) is 19.1. The highest BCUT2D eigenvalue weighted by Crippen LogP contribution is 2.51. The number of carbonyl (C=O) groups excluding carboxylic acids is 3. The fourth-order valence-corrected chi connectivity index (χ4v) is 6.95. The normalized spacial score (nSPS) is 21.2. The van der Waals surface area contributed by atoms with Crippen molar-refractivity contribution in [1.29, 1.82) is 0 Å². The van der Waals surface area contributed by atoms with Gasteiger partial charge in [-0.25, -0.2) is 0 Å². The van der Waals surface area contributed by atoms with Crippen molar-refractivity contribution in [2.75, 3.05) is 12.4 Å². The molecule has 3 aromatic rings. The number of aromatic nitrogens is 1. The summed E-state index contributed by atoms with van der Waals surface area (Å²) in [6, 6.07) is 16.3. The Morgan fingerprint density at radius 2 is 1.79 bits per heavy atom. The first-order valence-corrected chi connectivity index (χ1v) is 11.9. The van der Waals surface area contributed by atoms with Crippen molar-refractivity contribution in [2.45, 2.75) is 22.7 Å². The smallest absolute Gasteiger partial charge is 0.308 e. The van der Waals surface area contributed by atoms with Gasteiger partial charge < -0.3 is 10.1 Å². The van der Waals surface area contributed by atoms with Gasteiger partial charge in [-0.15, -0.1) is 0 Å². The van der Waals surface area contributed by atoms with Gasteiger partial charge in [0.05, 0.1) is 18.1 Å². The predicted molar refractivity (Wildman–Crippen MR) is 125 cm³/mol. The van der Waals surface area contributed by atoms with E-state index < -0.39 is 17.1 Å². The Morgan fingerprint density at radius 3 is 2.48 bits per heavy atom. The molecule has 8 nitrogen and oxygen atoms in total. The summed E-state index contributed by atoms with van der Waals surface area (Å²) >= 11 is 2.21. The molecule has 2 aliphatic rings. The molecule has 3 unspecified atom stereocenters. The van der Waals surface area contributed by atoms with Crippen LogP contribution in [0.15, 0.2) is 64.4 Å². The molecular weight excluding hydrogens is 462 g/mol. The number of hydrogen-bond acceptors (Lipinski definition) is 7. The predicted octanol–water partition coefficient (Wildman–Crippen LogP) is 2.44. The van der Waals surface area contributed by atoms with E-state index in [-0.39, 0.29) is 29.1 Å². The number of anilines is 1. The van der Waals surface area contributed by atoms with Crippen LogP contribution in [0.25, 0.3) is 0 Å². The van der Waals surface area contributed by atoms with Crippen LogP contribution in [0.5, 0.6) is 5.75 Å². The fraction of sp³-hybridized carbons (Fsp3) is 0.217. The van der Waals surface area contributed by atoms with Gasteiger partial charge in [0.1, 0.15) is 17.5 Å². The van der Waals surface area contributed by atoms with Gasteiger partial charge in [0.15, 0.2) is 0 Å². The van der Waals surface area contributed by atoms with Gasteiger partial charge in [-0.1, -0.05) is 53.4 Å². The summed E-state index contributed by atoms with van der Waals surface area (Å²) in [4.78, 5) is 51.2. The van der Waals surface area contributed by atoms with Gasteiger partial charge in [0.2, 0.25) is 17.7 Å². The van der Waals surface area contributed by atoms with Crippen LogP contribution in [0.3, 0.4) is 0 Å². The molecule has 2 N–H and O–H groups in total. The summed E-state index contributed by atoms with van der Waals surface area (Å²) < 4.78 is 6.51. The fourth-order valence-electron chi connectivity index (χ4n) is 4.21. The number of methoxy groups -OCH3 is 1. The summed E-state index contributed by atoms with van der Waals surface area (Å²) in [6.45, 7) is -0.196. The van der Waals surface area contributed by atoms with Crippen LogP contribution in [0.1, 0.15) is 16.4 Å². The Kier molecular flexibility index (Phi) is 5.55. The van der Waals surface area contributed by atoms with Gasteiger partial charge in [-0.3, -0.25) is 29.1 Å². The third-order valence-electron chi connectivity index (χ3n) is 5.72. The molecule has 0 radical (unpaired) electrons. The van der Waals surface area contributed by atoms with Gasteiger partial charge in [-0.05, 0) is 29.8 Å². The molecule has 168 valence electrons. The number of benzene rings is 2. The molecule has 2 aliphatic heterocycles. The van der Waals surface area contributed by atoms with E-state index in [1.807, 2.05) is 30.3 Å². The second-order valence-electron chi connectivity index (χ2n) is 7.71. The van der Waals surface area contributed by atoms with Crippen molar-refractivity contribution >= 4 is 46.5 Å². The maximum absolute atomic E-state index is 12.9. The average molecular weight is 482 g/mol. The van der Waals surface area contributed by atoms with Crippen molar-refractivity contribution in [1.82, 2.24) is 9.88 Å². The monoisotopic (exact) mass is 481 g/mol. The van der Waals surface area contributed by atoms with Crippen LogP contribution in [-0.2, 0) is 20.9 Å². The molecule has 1 aromatic heterocycles. The first-order chi connectivity index (χ1) is 16.0. The van der Waals surface area contributed by atoms with E-state index in [9.17, 15) is 19.2 Å². The van der Waals surface area contributed by atoms with E-state index >= 15 is 0 Å². The molecule has 3 atom stereocenters. The molecule has 0 bridgehead atoms. The Morgan fingerprint density at radius 1 is 1.06 bits per heavy atom. The minimum absolute atomic E-state index is 0.196. The molecule has 5 rings (SSSR count). The number of nitrogens with one attached hydrogen (secondary N) is 2. The Bertz CT molecular complexity index is 1300. The molecule has 10 heteroatoms. The molecule has 1 fully saturated rings. The minimum atomic E-state index is -0.653. The summed E-state index contributed by atoms with van der Waals surface area (Å²) in [5, 5.41) is 5.12. The van der Waals surface area contributed by atoms with E-state index in [1.165, 1.54) is 16.3 Å². The standard InChI is InChI=1S/C23H19N3O5S2/c1-31-14-9-7-13(8-10-14)24-15(27)11-26-22-19(33-23(26)30)16(12-5-3-2-4-6-12)17-18(32-22)21(29)25-20(17)28/h2-10,16-18H,11H2,1H3,(H,24,27)(H,25,28,29). The molecular formula is C23H19N3O5S2. The van der Waals surface area contributed by atoms with Crippen molar-refractivity contribution in [2.24, 2.45) is 5.92 Å². The van der Waals surface area contributed by atoms with Gasteiger partial charge in [0, 0.05) is 16.5 Å². The zero-order valence-electron chi connectivity index (χ0n) is 17.4. The van der Waals surface area contributed by atoms with E-state index in [0.29, 0.717) is 21.3 Å². The van der Waals surface area contributed by atoms with Gasteiger partial charge >= 0.3 is 4.87 Å². The number of fused-ring (bicyclic) bond motifs is 2. The van der Waals surface area contributed by atoms with Crippen LogP contribution >= 0.6 is 23.1 Å². The Labute approximate surface area is 197 Å². The quantitative estimate of drug-likeness (QED) is 0.542. The summed E-state index contributed by atoms with van der Waals surface area (Å²) in [5.74, 6) is -1.43.